The zero-order chi connectivity index (χ0) is 14.0. The van der Waals surface area contributed by atoms with Crippen LogP contribution in [0.3, 0.4) is 0 Å². The van der Waals surface area contributed by atoms with Crippen molar-refractivity contribution >= 4 is 29.5 Å². The van der Waals surface area contributed by atoms with E-state index in [1.54, 1.807) is 6.07 Å². The number of carbonyl (C=O) groups excluding carboxylic acids is 2. The highest BCUT2D eigenvalue weighted by Crippen LogP contribution is 2.23. The van der Waals surface area contributed by atoms with Crippen LogP contribution < -0.4 is 5.73 Å². The molecule has 1 aliphatic rings. The second-order valence-electron chi connectivity index (χ2n) is 4.07. The van der Waals surface area contributed by atoms with Crippen LogP contribution in [0.25, 0.3) is 0 Å². The molecule has 0 saturated carbocycles. The maximum Gasteiger partial charge on any atom is 0.327 e. The van der Waals surface area contributed by atoms with E-state index in [9.17, 15) is 14.4 Å². The first-order valence-corrected chi connectivity index (χ1v) is 6.67. The highest BCUT2D eigenvalue weighted by atomic mass is 32.2. The lowest BCUT2D eigenvalue weighted by Gasteiger charge is -2.20. The number of carbonyl (C=O) groups is 3. The molecule has 0 bridgehead atoms. The molecule has 1 atom stereocenters. The van der Waals surface area contributed by atoms with Gasteiger partial charge in [0.25, 0.3) is 5.91 Å². The molecule has 1 heterocycles. The molecule has 2 rings (SSSR count). The molecule has 1 saturated heterocycles. The van der Waals surface area contributed by atoms with Gasteiger partial charge in [-0.3, -0.25) is 9.59 Å². The first kappa shape index (κ1) is 13.4. The fourth-order valence-corrected chi connectivity index (χ4v) is 2.96. The van der Waals surface area contributed by atoms with Crippen LogP contribution in [0.5, 0.6) is 0 Å². The van der Waals surface area contributed by atoms with Crippen molar-refractivity contribution in [3.63, 3.8) is 0 Å². The minimum Gasteiger partial charge on any atom is -0.480 e. The smallest absolute Gasteiger partial charge is 0.327 e. The number of hydrogen-bond acceptors (Lipinski definition) is 4. The number of rotatable bonds is 3. The van der Waals surface area contributed by atoms with E-state index in [4.69, 9.17) is 10.8 Å². The Morgan fingerprint density at radius 3 is 2.63 bits per heavy atom. The molecule has 0 radical (unpaired) electrons. The summed E-state index contributed by atoms with van der Waals surface area (Å²) in [5.41, 5.74) is 5.64. The summed E-state index contributed by atoms with van der Waals surface area (Å²) < 4.78 is 0. The topological polar surface area (TPSA) is 101 Å². The molecule has 1 aromatic rings. The quantitative estimate of drug-likeness (QED) is 0.834. The SMILES string of the molecule is NC(=O)c1cccc(C(=O)N2CSC[C@H]2C(=O)O)c1. The van der Waals surface area contributed by atoms with Crippen molar-refractivity contribution in [3.05, 3.63) is 35.4 Å². The van der Waals surface area contributed by atoms with Crippen LogP contribution >= 0.6 is 11.8 Å². The molecule has 1 aliphatic heterocycles. The maximum atomic E-state index is 12.2. The van der Waals surface area contributed by atoms with Gasteiger partial charge < -0.3 is 15.7 Å². The third-order valence-corrected chi connectivity index (χ3v) is 3.83. The van der Waals surface area contributed by atoms with Crippen LogP contribution in [0.1, 0.15) is 20.7 Å². The second-order valence-corrected chi connectivity index (χ2v) is 5.07. The second kappa shape index (κ2) is 5.31. The molecule has 1 fully saturated rings. The van der Waals surface area contributed by atoms with E-state index in [0.717, 1.165) is 0 Å². The standard InChI is InChI=1S/C12H12N2O4S/c13-10(15)7-2-1-3-8(4-7)11(16)14-6-19-5-9(14)12(17)18/h1-4,9H,5-6H2,(H2,13,15)(H,17,18)/t9-/m0/s1. The van der Waals surface area contributed by atoms with Gasteiger partial charge in [0.05, 0.1) is 5.88 Å². The normalized spacial score (nSPS) is 18.3. The third kappa shape index (κ3) is 2.70. The summed E-state index contributed by atoms with van der Waals surface area (Å²) in [7, 11) is 0. The summed E-state index contributed by atoms with van der Waals surface area (Å²) in [5.74, 6) is -1.35. The van der Waals surface area contributed by atoms with Crippen molar-refractivity contribution in [1.29, 1.82) is 0 Å². The van der Waals surface area contributed by atoms with Crippen molar-refractivity contribution in [1.82, 2.24) is 4.90 Å². The van der Waals surface area contributed by atoms with Gasteiger partial charge in [0, 0.05) is 16.9 Å². The predicted octanol–water partition coefficient (Wildman–Crippen LogP) is 0.385. The van der Waals surface area contributed by atoms with Gasteiger partial charge in [-0.15, -0.1) is 11.8 Å². The summed E-state index contributed by atoms with van der Waals surface area (Å²) >= 11 is 1.38. The molecule has 2 amide bonds. The Hall–Kier alpha value is -2.02. The van der Waals surface area contributed by atoms with Gasteiger partial charge in [-0.1, -0.05) is 6.07 Å². The highest BCUT2D eigenvalue weighted by molar-refractivity contribution is 7.99. The van der Waals surface area contributed by atoms with Gasteiger partial charge in [-0.2, -0.15) is 0 Å². The summed E-state index contributed by atoms with van der Waals surface area (Å²) in [6.07, 6.45) is 0. The van der Waals surface area contributed by atoms with Crippen LogP contribution in [0.15, 0.2) is 24.3 Å². The predicted molar refractivity (Wildman–Crippen MR) is 69.9 cm³/mol. The molecule has 0 unspecified atom stereocenters. The summed E-state index contributed by atoms with van der Waals surface area (Å²) in [6.45, 7) is 0. The largest absolute Gasteiger partial charge is 0.480 e. The summed E-state index contributed by atoms with van der Waals surface area (Å²) in [6, 6.07) is 5.15. The lowest BCUT2D eigenvalue weighted by Crippen LogP contribution is -2.41. The molecule has 6 nitrogen and oxygen atoms in total. The molecule has 100 valence electrons. The number of hydrogen-bond donors (Lipinski definition) is 2. The lowest BCUT2D eigenvalue weighted by molar-refractivity contribution is -0.140. The van der Waals surface area contributed by atoms with Crippen molar-refractivity contribution in [2.75, 3.05) is 11.6 Å². The number of nitrogens with zero attached hydrogens (tertiary/aromatic N) is 1. The first-order chi connectivity index (χ1) is 9.00. The fourth-order valence-electron chi connectivity index (χ4n) is 1.82. The molecule has 0 aliphatic carbocycles. The molecule has 7 heteroatoms. The van der Waals surface area contributed by atoms with Crippen LogP contribution in [0, 0.1) is 0 Å². The number of aliphatic carboxylic acids is 1. The number of benzene rings is 1. The average Bonchev–Trinajstić information content (AvgIpc) is 2.87. The monoisotopic (exact) mass is 280 g/mol. The van der Waals surface area contributed by atoms with Gasteiger partial charge in [0.15, 0.2) is 0 Å². The Balaban J connectivity index is 2.26. The van der Waals surface area contributed by atoms with Crippen LogP contribution in [0.2, 0.25) is 0 Å². The van der Waals surface area contributed by atoms with E-state index < -0.39 is 23.8 Å². The van der Waals surface area contributed by atoms with Crippen LogP contribution in [-0.2, 0) is 4.79 Å². The zero-order valence-corrected chi connectivity index (χ0v) is 10.7. The van der Waals surface area contributed by atoms with Gasteiger partial charge >= 0.3 is 5.97 Å². The number of nitrogens with two attached hydrogens (primary N) is 1. The number of primary amides is 1. The number of thioether (sulfide) groups is 1. The Morgan fingerprint density at radius 1 is 1.32 bits per heavy atom. The fraction of sp³-hybridized carbons (Fsp3) is 0.250. The van der Waals surface area contributed by atoms with E-state index in [-0.39, 0.29) is 11.1 Å². The van der Waals surface area contributed by atoms with E-state index >= 15 is 0 Å². The van der Waals surface area contributed by atoms with Crippen LogP contribution in [-0.4, -0.2) is 45.5 Å². The number of carboxylic acid groups (broad SMARTS) is 1. The maximum absolute atomic E-state index is 12.2. The average molecular weight is 280 g/mol. The molecule has 0 spiro atoms. The van der Waals surface area contributed by atoms with E-state index in [2.05, 4.69) is 0 Å². The van der Waals surface area contributed by atoms with Gasteiger partial charge in [0.2, 0.25) is 5.91 Å². The highest BCUT2D eigenvalue weighted by Gasteiger charge is 2.35. The van der Waals surface area contributed by atoms with E-state index in [0.29, 0.717) is 11.6 Å². The molecular formula is C12H12N2O4S. The van der Waals surface area contributed by atoms with E-state index in [1.807, 2.05) is 0 Å². The van der Waals surface area contributed by atoms with E-state index in [1.165, 1.54) is 34.9 Å². The Labute approximate surface area is 113 Å². The van der Waals surface area contributed by atoms with Crippen molar-refractivity contribution in [2.45, 2.75) is 6.04 Å². The summed E-state index contributed by atoms with van der Waals surface area (Å²) in [4.78, 5) is 35.6. The first-order valence-electron chi connectivity index (χ1n) is 5.52. The minimum atomic E-state index is -1.02. The van der Waals surface area contributed by atoms with Crippen LogP contribution in [0.4, 0.5) is 0 Å². The molecular weight excluding hydrogens is 268 g/mol. The molecule has 1 aromatic carbocycles. The molecule has 3 N–H and O–H groups in total. The molecule has 19 heavy (non-hydrogen) atoms. The zero-order valence-electron chi connectivity index (χ0n) is 9.91. The third-order valence-electron chi connectivity index (χ3n) is 2.82. The summed E-state index contributed by atoms with van der Waals surface area (Å²) in [5, 5.41) is 9.04. The molecule has 0 aromatic heterocycles. The van der Waals surface area contributed by atoms with Crippen molar-refractivity contribution < 1.29 is 19.5 Å². The Kier molecular flexibility index (Phi) is 3.75. The van der Waals surface area contributed by atoms with Gasteiger partial charge in [-0.05, 0) is 18.2 Å². The number of amides is 2. The minimum absolute atomic E-state index is 0.226. The number of carboxylic acids is 1. The lowest BCUT2D eigenvalue weighted by atomic mass is 10.1. The van der Waals surface area contributed by atoms with Gasteiger partial charge in [-0.25, -0.2) is 4.79 Å². The van der Waals surface area contributed by atoms with Crippen molar-refractivity contribution in [2.24, 2.45) is 5.73 Å². The Bertz CT molecular complexity index is 546. The van der Waals surface area contributed by atoms with Crippen molar-refractivity contribution in [3.8, 4) is 0 Å². The Morgan fingerprint density at radius 2 is 2.00 bits per heavy atom. The van der Waals surface area contributed by atoms with Gasteiger partial charge in [0.1, 0.15) is 6.04 Å².